The van der Waals surface area contributed by atoms with Gasteiger partial charge in [-0.2, -0.15) is 0 Å². The Morgan fingerprint density at radius 2 is 1.04 bits per heavy atom. The second-order valence-electron chi connectivity index (χ2n) is 12.2. The number of rotatable bonds is 2. The number of hydrogen-bond acceptors (Lipinski definition) is 2. The van der Waals surface area contributed by atoms with Gasteiger partial charge in [-0.05, 0) is 66.7 Å². The number of hydrogen-bond donors (Lipinski definition) is 0. The van der Waals surface area contributed by atoms with Crippen LogP contribution in [0.15, 0.2) is 156 Å². The second kappa shape index (κ2) is 8.68. The van der Waals surface area contributed by atoms with Gasteiger partial charge >= 0.3 is 0 Å². The Morgan fingerprint density at radius 3 is 1.96 bits per heavy atom. The molecule has 0 saturated carbocycles. The van der Waals surface area contributed by atoms with Crippen LogP contribution in [0.2, 0.25) is 0 Å². The van der Waals surface area contributed by atoms with Crippen LogP contribution >= 0.6 is 0 Å². The monoisotopic (exact) mass is 587 g/mol. The standard InChI is InChI=1S/C42H25N3O/c1-2-11-26(12-3-1)43-34-16-6-4-13-28(34)33-25-27(21-24-35(33)43)44-36-17-7-8-18-37(36)45-40-30(15-10-19-38(40)44)31-22-23-32-29-14-5-9-20-39(29)46-42(32)41(31)45/h1-25H. The van der Waals surface area contributed by atoms with Crippen LogP contribution in [0.4, 0.5) is 17.1 Å². The molecule has 0 fully saturated rings. The molecule has 0 radical (unpaired) electrons. The lowest BCUT2D eigenvalue weighted by Crippen LogP contribution is -2.18. The van der Waals surface area contributed by atoms with E-state index < -0.39 is 0 Å². The van der Waals surface area contributed by atoms with Crippen LogP contribution in [0.25, 0.3) is 76.9 Å². The summed E-state index contributed by atoms with van der Waals surface area (Å²) in [5.41, 5.74) is 12.3. The van der Waals surface area contributed by atoms with Crippen molar-refractivity contribution in [2.24, 2.45) is 0 Å². The molecule has 0 saturated heterocycles. The molecule has 46 heavy (non-hydrogen) atoms. The summed E-state index contributed by atoms with van der Waals surface area (Å²) >= 11 is 0. The Bertz CT molecular complexity index is 2870. The van der Waals surface area contributed by atoms with Crippen LogP contribution in [-0.4, -0.2) is 9.13 Å². The molecule has 214 valence electrons. The van der Waals surface area contributed by atoms with E-state index in [9.17, 15) is 0 Å². The topological polar surface area (TPSA) is 26.2 Å². The average Bonchev–Trinajstić information content (AvgIpc) is 3.77. The van der Waals surface area contributed by atoms with Crippen molar-refractivity contribution in [1.82, 2.24) is 9.13 Å². The summed E-state index contributed by atoms with van der Waals surface area (Å²) in [6, 6.07) is 54.5. The fourth-order valence-electron chi connectivity index (χ4n) is 7.94. The van der Waals surface area contributed by atoms with Crippen molar-refractivity contribution in [2.45, 2.75) is 0 Å². The smallest absolute Gasteiger partial charge is 0.160 e. The fraction of sp³-hybridized carbons (Fsp3) is 0. The van der Waals surface area contributed by atoms with Gasteiger partial charge in [0.05, 0.1) is 39.1 Å². The van der Waals surface area contributed by atoms with Crippen LogP contribution in [-0.2, 0) is 0 Å². The van der Waals surface area contributed by atoms with Gasteiger partial charge in [0, 0.05) is 43.7 Å². The minimum absolute atomic E-state index is 0.914. The lowest BCUT2D eigenvalue weighted by Gasteiger charge is -2.33. The first kappa shape index (κ1) is 24.1. The lowest BCUT2D eigenvalue weighted by molar-refractivity contribution is 0.671. The average molecular weight is 588 g/mol. The van der Waals surface area contributed by atoms with Crippen molar-refractivity contribution < 1.29 is 4.42 Å². The highest BCUT2D eigenvalue weighted by atomic mass is 16.3. The molecule has 4 heterocycles. The van der Waals surface area contributed by atoms with Crippen molar-refractivity contribution in [3.8, 4) is 11.4 Å². The zero-order chi connectivity index (χ0) is 29.9. The third-order valence-corrected chi connectivity index (χ3v) is 9.81. The first-order chi connectivity index (χ1) is 22.8. The van der Waals surface area contributed by atoms with Crippen molar-refractivity contribution >= 4 is 82.6 Å². The molecule has 11 rings (SSSR count). The summed E-state index contributed by atoms with van der Waals surface area (Å²) in [7, 11) is 0. The summed E-state index contributed by atoms with van der Waals surface area (Å²) in [6.45, 7) is 0. The summed E-state index contributed by atoms with van der Waals surface area (Å²) < 4.78 is 11.4. The molecule has 0 unspecified atom stereocenters. The number of anilines is 3. The van der Waals surface area contributed by atoms with Crippen LogP contribution in [0.5, 0.6) is 0 Å². The molecule has 3 aromatic heterocycles. The first-order valence-electron chi connectivity index (χ1n) is 15.7. The number of fused-ring (bicyclic) bond motifs is 12. The number of aromatic nitrogens is 2. The minimum Gasteiger partial charge on any atom is -0.454 e. The van der Waals surface area contributed by atoms with Gasteiger partial charge in [0.1, 0.15) is 5.58 Å². The number of benzene rings is 7. The summed E-state index contributed by atoms with van der Waals surface area (Å²) in [4.78, 5) is 2.43. The minimum atomic E-state index is 0.914. The first-order valence-corrected chi connectivity index (χ1v) is 15.7. The fourth-order valence-corrected chi connectivity index (χ4v) is 7.94. The molecule has 0 N–H and O–H groups in total. The van der Waals surface area contributed by atoms with E-state index in [1.54, 1.807) is 0 Å². The molecule has 10 aromatic rings. The van der Waals surface area contributed by atoms with E-state index >= 15 is 0 Å². The zero-order valence-electron chi connectivity index (χ0n) is 24.7. The van der Waals surface area contributed by atoms with E-state index in [2.05, 4.69) is 160 Å². The van der Waals surface area contributed by atoms with Crippen molar-refractivity contribution in [2.75, 3.05) is 4.90 Å². The lowest BCUT2D eigenvalue weighted by atomic mass is 10.1. The molecule has 7 aromatic carbocycles. The Balaban J connectivity index is 1.23. The molecule has 0 bridgehead atoms. The highest BCUT2D eigenvalue weighted by molar-refractivity contribution is 6.24. The van der Waals surface area contributed by atoms with E-state index in [-0.39, 0.29) is 0 Å². The largest absolute Gasteiger partial charge is 0.454 e. The molecule has 0 aliphatic carbocycles. The van der Waals surface area contributed by atoms with E-state index in [0.717, 1.165) is 55.9 Å². The number of furan rings is 1. The van der Waals surface area contributed by atoms with Gasteiger partial charge in [-0.1, -0.05) is 84.9 Å². The Labute approximate surface area is 263 Å². The van der Waals surface area contributed by atoms with Crippen LogP contribution < -0.4 is 4.90 Å². The van der Waals surface area contributed by atoms with E-state index in [1.165, 1.54) is 38.1 Å². The van der Waals surface area contributed by atoms with Gasteiger partial charge in [-0.3, -0.25) is 0 Å². The maximum absolute atomic E-state index is 6.62. The van der Waals surface area contributed by atoms with Gasteiger partial charge in [0.2, 0.25) is 0 Å². The SMILES string of the molecule is c1ccc(-n2c3ccccc3c3cc(N4c5ccccc5-n5c6c4cccc6c4ccc6c7ccccc7oc6c45)ccc32)cc1. The maximum atomic E-state index is 6.62. The molecule has 0 spiro atoms. The Morgan fingerprint density at radius 1 is 0.370 bits per heavy atom. The summed E-state index contributed by atoms with van der Waals surface area (Å²) in [5, 5.41) is 7.18. The molecule has 4 heteroatoms. The maximum Gasteiger partial charge on any atom is 0.160 e. The third-order valence-electron chi connectivity index (χ3n) is 9.81. The molecule has 1 aliphatic heterocycles. The van der Waals surface area contributed by atoms with Gasteiger partial charge in [0.25, 0.3) is 0 Å². The molecule has 0 atom stereocenters. The van der Waals surface area contributed by atoms with Crippen LogP contribution in [0.1, 0.15) is 0 Å². The van der Waals surface area contributed by atoms with E-state index in [4.69, 9.17) is 4.42 Å². The molecule has 4 nitrogen and oxygen atoms in total. The van der Waals surface area contributed by atoms with Gasteiger partial charge in [-0.15, -0.1) is 0 Å². The zero-order valence-corrected chi connectivity index (χ0v) is 24.7. The van der Waals surface area contributed by atoms with Gasteiger partial charge in [0.15, 0.2) is 5.58 Å². The van der Waals surface area contributed by atoms with Gasteiger partial charge < -0.3 is 18.5 Å². The second-order valence-corrected chi connectivity index (χ2v) is 12.2. The van der Waals surface area contributed by atoms with Crippen molar-refractivity contribution in [1.29, 1.82) is 0 Å². The van der Waals surface area contributed by atoms with Crippen molar-refractivity contribution in [3.63, 3.8) is 0 Å². The van der Waals surface area contributed by atoms with E-state index in [0.29, 0.717) is 0 Å². The van der Waals surface area contributed by atoms with Crippen molar-refractivity contribution in [3.05, 3.63) is 152 Å². The molecular weight excluding hydrogens is 562 g/mol. The Hall–Kier alpha value is -6.26. The van der Waals surface area contributed by atoms with Crippen LogP contribution in [0, 0.1) is 0 Å². The highest BCUT2D eigenvalue weighted by Crippen LogP contribution is 2.51. The molecular formula is C42H25N3O. The third kappa shape index (κ3) is 2.98. The Kier molecular flexibility index (Phi) is 4.55. The normalized spacial score (nSPS) is 12.7. The molecule has 0 amide bonds. The summed E-state index contributed by atoms with van der Waals surface area (Å²) in [6.07, 6.45) is 0. The number of para-hydroxylation sites is 6. The van der Waals surface area contributed by atoms with Gasteiger partial charge in [-0.25, -0.2) is 0 Å². The predicted molar refractivity (Wildman–Crippen MR) is 191 cm³/mol. The highest BCUT2D eigenvalue weighted by Gasteiger charge is 2.30. The molecule has 1 aliphatic rings. The summed E-state index contributed by atoms with van der Waals surface area (Å²) in [5.74, 6) is 0. The quantitative estimate of drug-likeness (QED) is 0.201. The van der Waals surface area contributed by atoms with E-state index in [1.807, 2.05) is 6.07 Å². The number of nitrogens with zero attached hydrogens (tertiary/aromatic N) is 3. The predicted octanol–water partition coefficient (Wildman–Crippen LogP) is 11.6. The van der Waals surface area contributed by atoms with Crippen LogP contribution in [0.3, 0.4) is 0 Å².